The van der Waals surface area contributed by atoms with Gasteiger partial charge < -0.3 is 14.5 Å². The number of nitrogens with zero attached hydrogens (tertiary/aromatic N) is 1. The molecule has 0 fully saturated rings. The highest BCUT2D eigenvalue weighted by Crippen LogP contribution is 2.36. The largest absolute Gasteiger partial charge is 0.451 e. The second kappa shape index (κ2) is 8.08. The fourth-order valence-electron chi connectivity index (χ4n) is 3.80. The minimum atomic E-state index is -0.663. The van der Waals surface area contributed by atoms with Gasteiger partial charge in [-0.2, -0.15) is 0 Å². The number of thiophene rings is 1. The van der Waals surface area contributed by atoms with Crippen LogP contribution < -0.4 is 5.56 Å². The molecule has 7 heteroatoms. The molecule has 2 aromatic heterocycles. The number of carbonyl (C=O) groups excluding carboxylic acids is 1. The molecule has 1 aliphatic rings. The highest BCUT2D eigenvalue weighted by molar-refractivity contribution is 7.18. The van der Waals surface area contributed by atoms with Crippen LogP contribution in [0.2, 0.25) is 0 Å². The molecule has 6 nitrogen and oxygen atoms in total. The summed E-state index contributed by atoms with van der Waals surface area (Å²) in [6, 6.07) is 7.11. The normalized spacial score (nSPS) is 17.1. The number of esters is 1. The highest BCUT2D eigenvalue weighted by Gasteiger charge is 2.24. The number of carbonyl (C=O) groups is 1. The molecule has 0 saturated carbocycles. The Bertz CT molecular complexity index is 1120. The van der Waals surface area contributed by atoms with Gasteiger partial charge >= 0.3 is 5.97 Å². The number of aromatic nitrogens is 2. The molecular formula is C22H24N2O4S. The molecule has 2 heterocycles. The van der Waals surface area contributed by atoms with E-state index in [1.807, 2.05) is 6.07 Å². The third-order valence-electron chi connectivity index (χ3n) is 5.33. The fraction of sp³-hybridized carbons (Fsp3) is 0.409. The zero-order valence-electron chi connectivity index (χ0n) is 16.8. The van der Waals surface area contributed by atoms with Crippen LogP contribution in [0, 0.1) is 5.92 Å². The molecule has 0 radical (unpaired) electrons. The zero-order chi connectivity index (χ0) is 20.5. The molecule has 29 heavy (non-hydrogen) atoms. The summed E-state index contributed by atoms with van der Waals surface area (Å²) >= 11 is 1.59. The molecule has 0 amide bonds. The summed E-state index contributed by atoms with van der Waals surface area (Å²) < 4.78 is 10.7. The predicted molar refractivity (Wildman–Crippen MR) is 112 cm³/mol. The van der Waals surface area contributed by atoms with E-state index in [0.717, 1.165) is 35.2 Å². The van der Waals surface area contributed by atoms with E-state index in [9.17, 15) is 9.59 Å². The van der Waals surface area contributed by atoms with Gasteiger partial charge in [0, 0.05) is 12.0 Å². The van der Waals surface area contributed by atoms with Crippen LogP contribution in [0.3, 0.4) is 0 Å². The zero-order valence-corrected chi connectivity index (χ0v) is 17.6. The van der Waals surface area contributed by atoms with Crippen molar-refractivity contribution in [3.05, 3.63) is 62.0 Å². The SMILES string of the molecule is COCc1cccc(C(=O)O[C@H](C)c2nc3sc4c(c3c(=O)[nH]2)CC[C@H](C)C4)c1. The molecule has 1 N–H and O–H groups in total. The van der Waals surface area contributed by atoms with Crippen molar-refractivity contribution in [2.24, 2.45) is 5.92 Å². The van der Waals surface area contributed by atoms with Gasteiger partial charge in [-0.1, -0.05) is 19.1 Å². The molecule has 152 valence electrons. The van der Waals surface area contributed by atoms with E-state index >= 15 is 0 Å². The molecule has 0 aliphatic heterocycles. The van der Waals surface area contributed by atoms with Gasteiger partial charge in [0.2, 0.25) is 0 Å². The summed E-state index contributed by atoms with van der Waals surface area (Å²) in [4.78, 5) is 34.7. The average molecular weight is 413 g/mol. The first-order chi connectivity index (χ1) is 14.0. The summed E-state index contributed by atoms with van der Waals surface area (Å²) in [5.41, 5.74) is 2.32. The second-order valence-electron chi connectivity index (χ2n) is 7.66. The van der Waals surface area contributed by atoms with Crippen LogP contribution in [0.4, 0.5) is 0 Å². The van der Waals surface area contributed by atoms with E-state index in [4.69, 9.17) is 9.47 Å². The molecule has 3 aromatic rings. The number of benzene rings is 1. The maximum Gasteiger partial charge on any atom is 0.338 e. The highest BCUT2D eigenvalue weighted by atomic mass is 32.1. The number of rotatable bonds is 5. The van der Waals surface area contributed by atoms with Gasteiger partial charge in [-0.25, -0.2) is 9.78 Å². The first kappa shape index (κ1) is 19.8. The Labute approximate surface area is 172 Å². The third-order valence-corrected chi connectivity index (χ3v) is 6.47. The Balaban J connectivity index is 1.59. The maximum absolute atomic E-state index is 12.7. The third kappa shape index (κ3) is 3.97. The number of H-pyrrole nitrogens is 1. The number of hydrogen-bond acceptors (Lipinski definition) is 6. The van der Waals surface area contributed by atoms with Gasteiger partial charge in [0.1, 0.15) is 4.83 Å². The lowest BCUT2D eigenvalue weighted by atomic mass is 9.89. The van der Waals surface area contributed by atoms with Crippen molar-refractivity contribution in [3.63, 3.8) is 0 Å². The lowest BCUT2D eigenvalue weighted by Crippen LogP contribution is -2.18. The lowest BCUT2D eigenvalue weighted by molar-refractivity contribution is 0.0319. The van der Waals surface area contributed by atoms with Crippen LogP contribution in [0.1, 0.15) is 58.6 Å². The second-order valence-corrected chi connectivity index (χ2v) is 8.75. The molecule has 0 spiro atoms. The van der Waals surface area contributed by atoms with E-state index in [0.29, 0.717) is 29.3 Å². The number of aryl methyl sites for hydroxylation is 1. The van der Waals surface area contributed by atoms with Crippen molar-refractivity contribution in [2.75, 3.05) is 7.11 Å². The smallest absolute Gasteiger partial charge is 0.338 e. The lowest BCUT2D eigenvalue weighted by Gasteiger charge is -2.17. The Morgan fingerprint density at radius 1 is 1.41 bits per heavy atom. The van der Waals surface area contributed by atoms with Gasteiger partial charge in [0.25, 0.3) is 5.56 Å². The molecule has 0 saturated heterocycles. The minimum absolute atomic E-state index is 0.151. The standard InChI is InChI=1S/C22H24N2O4S/c1-12-7-8-16-17(9-12)29-21-18(16)20(25)23-19(24-21)13(2)28-22(26)15-6-4-5-14(10-15)11-27-3/h4-6,10,12-13H,7-9,11H2,1-3H3,(H,23,24,25)/t12-,13+/m0/s1. The molecule has 0 bridgehead atoms. The van der Waals surface area contributed by atoms with Crippen LogP contribution in [0.5, 0.6) is 0 Å². The Morgan fingerprint density at radius 3 is 3.03 bits per heavy atom. The van der Waals surface area contributed by atoms with Crippen molar-refractivity contribution in [1.82, 2.24) is 9.97 Å². The van der Waals surface area contributed by atoms with Crippen molar-refractivity contribution in [3.8, 4) is 0 Å². The van der Waals surface area contributed by atoms with E-state index in [1.54, 1.807) is 43.6 Å². The Hall–Kier alpha value is -2.51. The molecule has 0 unspecified atom stereocenters. The first-order valence-corrected chi connectivity index (χ1v) is 10.6. The quantitative estimate of drug-likeness (QED) is 0.636. The molecular weight excluding hydrogens is 388 g/mol. The predicted octanol–water partition coefficient (Wildman–Crippen LogP) is 4.17. The summed E-state index contributed by atoms with van der Waals surface area (Å²) in [6.45, 7) is 4.38. The van der Waals surface area contributed by atoms with E-state index in [1.165, 1.54) is 4.88 Å². The topological polar surface area (TPSA) is 81.3 Å². The molecule has 4 rings (SSSR count). The maximum atomic E-state index is 12.7. The average Bonchev–Trinajstić information content (AvgIpc) is 3.06. The van der Waals surface area contributed by atoms with Crippen molar-refractivity contribution >= 4 is 27.5 Å². The minimum Gasteiger partial charge on any atom is -0.451 e. The number of hydrogen-bond donors (Lipinski definition) is 1. The van der Waals surface area contributed by atoms with E-state index < -0.39 is 12.1 Å². The van der Waals surface area contributed by atoms with Crippen molar-refractivity contribution in [1.29, 1.82) is 0 Å². The van der Waals surface area contributed by atoms with Gasteiger partial charge in [-0.3, -0.25) is 4.79 Å². The van der Waals surface area contributed by atoms with E-state index in [2.05, 4.69) is 16.9 Å². The van der Waals surface area contributed by atoms with Crippen LogP contribution >= 0.6 is 11.3 Å². The first-order valence-electron chi connectivity index (χ1n) is 9.79. The number of fused-ring (bicyclic) bond motifs is 3. The Kier molecular flexibility index (Phi) is 5.52. The summed E-state index contributed by atoms with van der Waals surface area (Å²) in [7, 11) is 1.61. The van der Waals surface area contributed by atoms with Gasteiger partial charge in [0.15, 0.2) is 11.9 Å². The van der Waals surface area contributed by atoms with Crippen LogP contribution in [0.25, 0.3) is 10.2 Å². The summed E-state index contributed by atoms with van der Waals surface area (Å²) in [5, 5.41) is 0.700. The van der Waals surface area contributed by atoms with Gasteiger partial charge in [0.05, 0.1) is 17.6 Å². The van der Waals surface area contributed by atoms with E-state index in [-0.39, 0.29) is 5.56 Å². The number of aromatic amines is 1. The Morgan fingerprint density at radius 2 is 2.24 bits per heavy atom. The van der Waals surface area contributed by atoms with Gasteiger partial charge in [-0.05, 0) is 55.4 Å². The van der Waals surface area contributed by atoms with Crippen molar-refractivity contribution < 1.29 is 14.3 Å². The summed E-state index contributed by atoms with van der Waals surface area (Å²) in [6.07, 6.45) is 2.34. The van der Waals surface area contributed by atoms with Crippen molar-refractivity contribution in [2.45, 2.75) is 45.8 Å². The van der Waals surface area contributed by atoms with Crippen LogP contribution in [-0.4, -0.2) is 23.0 Å². The van der Waals surface area contributed by atoms with Crippen LogP contribution in [-0.2, 0) is 28.9 Å². The fourth-order valence-corrected chi connectivity index (χ4v) is 5.19. The number of methoxy groups -OCH3 is 1. The van der Waals surface area contributed by atoms with Crippen LogP contribution in [0.15, 0.2) is 29.1 Å². The number of nitrogens with one attached hydrogen (secondary N) is 1. The van der Waals surface area contributed by atoms with Gasteiger partial charge in [-0.15, -0.1) is 11.3 Å². The molecule has 2 atom stereocenters. The molecule has 1 aliphatic carbocycles. The number of ether oxygens (including phenoxy) is 2. The molecule has 1 aromatic carbocycles. The monoisotopic (exact) mass is 412 g/mol. The summed E-state index contributed by atoms with van der Waals surface area (Å²) in [5.74, 6) is 0.538.